The van der Waals surface area contributed by atoms with E-state index in [2.05, 4.69) is 15.2 Å². The number of carbonyl (C=O) groups is 2. The number of amides is 1. The number of rotatable bonds is 9. The van der Waals surface area contributed by atoms with E-state index in [1.54, 1.807) is 37.3 Å². The van der Waals surface area contributed by atoms with Gasteiger partial charge in [-0.1, -0.05) is 36.7 Å². The molecule has 1 amide bonds. The predicted octanol–water partition coefficient (Wildman–Crippen LogP) is 6.76. The van der Waals surface area contributed by atoms with Crippen LogP contribution in [0.15, 0.2) is 54.6 Å². The Balaban J connectivity index is 1.98. The third kappa shape index (κ3) is 7.57. The van der Waals surface area contributed by atoms with Crippen molar-refractivity contribution in [1.29, 1.82) is 0 Å². The average molecular weight is 562 g/mol. The Morgan fingerprint density at radius 1 is 1.03 bits per heavy atom. The maximum atomic E-state index is 12.9. The van der Waals surface area contributed by atoms with Gasteiger partial charge in [-0.15, -0.1) is 5.10 Å². The zero-order valence-electron chi connectivity index (χ0n) is 20.0. The van der Waals surface area contributed by atoms with Gasteiger partial charge in [0.05, 0.1) is 18.0 Å². The molecule has 204 valence electrons. The lowest BCUT2D eigenvalue weighted by atomic mass is 10.0. The maximum absolute atomic E-state index is 12.9. The van der Waals surface area contributed by atoms with E-state index in [1.807, 2.05) is 0 Å². The lowest BCUT2D eigenvalue weighted by Crippen LogP contribution is -2.44. The number of nitrogens with zero attached hydrogens (tertiary/aromatic N) is 2. The predicted molar refractivity (Wildman–Crippen MR) is 128 cm³/mol. The highest BCUT2D eigenvalue weighted by Crippen LogP contribution is 2.37. The van der Waals surface area contributed by atoms with Crippen molar-refractivity contribution in [2.24, 2.45) is 5.92 Å². The topological polar surface area (TPSA) is 73.2 Å². The molecule has 0 aliphatic carbocycles. The zero-order valence-corrected chi connectivity index (χ0v) is 20.8. The standard InChI is InChI=1S/C25H22ClF6N3O3/c1-14(8-15(2)36)22(37)33-21-12-20(35(34-21)19-6-4-3-5-7-19)17-9-16(10-18(26)11-17)13-38-23(24(27,28)29)25(30,31)32/h3-7,9-12,14,23H,8,13H2,1-2H3,(H,33,34,37)/t14-/m1/s1. The number of ether oxygens (including phenoxy) is 1. The van der Waals surface area contributed by atoms with Crippen molar-refractivity contribution in [2.75, 3.05) is 5.32 Å². The molecular formula is C25H22ClF6N3O3. The van der Waals surface area contributed by atoms with E-state index in [1.165, 1.54) is 35.9 Å². The van der Waals surface area contributed by atoms with Gasteiger partial charge in [0.15, 0.2) is 5.82 Å². The number of alkyl halides is 6. The second-order valence-corrected chi connectivity index (χ2v) is 9.02. The molecule has 3 rings (SSSR count). The molecule has 0 spiro atoms. The van der Waals surface area contributed by atoms with Crippen LogP contribution in [0.25, 0.3) is 16.9 Å². The summed E-state index contributed by atoms with van der Waals surface area (Å²) in [5.74, 6) is -1.16. The van der Waals surface area contributed by atoms with Crippen molar-refractivity contribution >= 4 is 29.1 Å². The summed E-state index contributed by atoms with van der Waals surface area (Å²) in [6.45, 7) is 1.91. The first-order chi connectivity index (χ1) is 17.6. The second kappa shape index (κ2) is 11.6. The average Bonchev–Trinajstić information content (AvgIpc) is 3.21. The number of hydrogen-bond donors (Lipinski definition) is 1. The first-order valence-electron chi connectivity index (χ1n) is 11.2. The molecule has 1 atom stereocenters. The summed E-state index contributed by atoms with van der Waals surface area (Å²) in [6, 6.07) is 14.0. The van der Waals surface area contributed by atoms with E-state index >= 15 is 0 Å². The van der Waals surface area contributed by atoms with Crippen molar-refractivity contribution < 1.29 is 40.7 Å². The summed E-state index contributed by atoms with van der Waals surface area (Å²) in [5.41, 5.74) is 1.12. The SMILES string of the molecule is CC(=O)C[C@@H](C)C(=O)Nc1cc(-c2cc(Cl)cc(COC(C(F)(F)F)C(F)(F)F)c2)n(-c2ccccc2)n1. The van der Waals surface area contributed by atoms with Gasteiger partial charge in [0.1, 0.15) is 5.78 Å². The largest absolute Gasteiger partial charge is 0.423 e. The first-order valence-corrected chi connectivity index (χ1v) is 11.5. The van der Waals surface area contributed by atoms with Crippen molar-refractivity contribution in [2.45, 2.75) is 45.3 Å². The fraction of sp³-hybridized carbons (Fsp3) is 0.320. The Kier molecular flexibility index (Phi) is 8.88. The lowest BCUT2D eigenvalue weighted by molar-refractivity contribution is -0.324. The van der Waals surface area contributed by atoms with Crippen LogP contribution in [0.3, 0.4) is 0 Å². The molecule has 0 aliphatic rings. The molecule has 1 N–H and O–H groups in total. The number of benzene rings is 2. The molecule has 13 heteroatoms. The normalized spacial score (nSPS) is 13.0. The molecule has 0 saturated heterocycles. The molecule has 38 heavy (non-hydrogen) atoms. The van der Waals surface area contributed by atoms with E-state index in [4.69, 9.17) is 11.6 Å². The third-order valence-electron chi connectivity index (χ3n) is 5.27. The number of aromatic nitrogens is 2. The summed E-state index contributed by atoms with van der Waals surface area (Å²) in [6.07, 6.45) is -15.3. The Bertz CT molecular complexity index is 1280. The van der Waals surface area contributed by atoms with E-state index in [0.29, 0.717) is 16.9 Å². The highest BCUT2D eigenvalue weighted by Gasteiger charge is 2.57. The fourth-order valence-corrected chi connectivity index (χ4v) is 3.88. The number of anilines is 1. The number of ketones is 1. The van der Waals surface area contributed by atoms with E-state index in [-0.39, 0.29) is 28.6 Å². The molecule has 1 aromatic heterocycles. The van der Waals surface area contributed by atoms with Crippen LogP contribution in [0, 0.1) is 5.92 Å². The van der Waals surface area contributed by atoms with Gasteiger partial charge >= 0.3 is 12.4 Å². The van der Waals surface area contributed by atoms with Crippen LogP contribution in [0.5, 0.6) is 0 Å². The molecule has 1 heterocycles. The van der Waals surface area contributed by atoms with Crippen molar-refractivity contribution in [3.8, 4) is 16.9 Å². The van der Waals surface area contributed by atoms with Gasteiger partial charge in [0, 0.05) is 29.0 Å². The molecule has 0 radical (unpaired) electrons. The molecule has 0 saturated carbocycles. The van der Waals surface area contributed by atoms with Crippen molar-refractivity contribution in [3.05, 3.63) is 65.2 Å². The molecular weight excluding hydrogens is 540 g/mol. The Hall–Kier alpha value is -3.38. The van der Waals surface area contributed by atoms with Crippen molar-refractivity contribution in [1.82, 2.24) is 9.78 Å². The fourth-order valence-electron chi connectivity index (χ4n) is 3.62. The van der Waals surface area contributed by atoms with Gasteiger partial charge in [0.2, 0.25) is 12.0 Å². The number of para-hydroxylation sites is 1. The molecule has 0 fully saturated rings. The summed E-state index contributed by atoms with van der Waals surface area (Å²) < 4.78 is 82.9. The highest BCUT2D eigenvalue weighted by atomic mass is 35.5. The maximum Gasteiger partial charge on any atom is 0.423 e. The van der Waals surface area contributed by atoms with Crippen LogP contribution in [0.4, 0.5) is 32.2 Å². The van der Waals surface area contributed by atoms with Gasteiger partial charge < -0.3 is 14.8 Å². The van der Waals surface area contributed by atoms with E-state index in [0.717, 1.165) is 0 Å². The van der Waals surface area contributed by atoms with Crippen LogP contribution in [-0.4, -0.2) is 39.9 Å². The molecule has 2 aromatic carbocycles. The number of nitrogens with one attached hydrogen (secondary N) is 1. The van der Waals surface area contributed by atoms with Gasteiger partial charge in [0.25, 0.3) is 0 Å². The van der Waals surface area contributed by atoms with Crippen LogP contribution in [0.1, 0.15) is 25.8 Å². The quantitative estimate of drug-likeness (QED) is 0.293. The van der Waals surface area contributed by atoms with Crippen LogP contribution in [-0.2, 0) is 20.9 Å². The minimum Gasteiger partial charge on any atom is -0.356 e. The van der Waals surface area contributed by atoms with Crippen LogP contribution < -0.4 is 5.32 Å². The minimum atomic E-state index is -5.65. The molecule has 0 bridgehead atoms. The highest BCUT2D eigenvalue weighted by molar-refractivity contribution is 6.31. The lowest BCUT2D eigenvalue weighted by Gasteiger charge is -2.23. The zero-order chi connectivity index (χ0) is 28.3. The van der Waals surface area contributed by atoms with Crippen LogP contribution >= 0.6 is 11.6 Å². The number of halogens is 7. The molecule has 0 unspecified atom stereocenters. The molecule has 3 aromatic rings. The van der Waals surface area contributed by atoms with E-state index in [9.17, 15) is 35.9 Å². The Morgan fingerprint density at radius 2 is 1.66 bits per heavy atom. The first kappa shape index (κ1) is 29.2. The number of hydrogen-bond acceptors (Lipinski definition) is 4. The molecule has 6 nitrogen and oxygen atoms in total. The monoisotopic (exact) mass is 561 g/mol. The van der Waals surface area contributed by atoms with Crippen LogP contribution in [0.2, 0.25) is 5.02 Å². The van der Waals surface area contributed by atoms with Crippen molar-refractivity contribution in [3.63, 3.8) is 0 Å². The van der Waals surface area contributed by atoms with Gasteiger partial charge in [-0.25, -0.2) is 4.68 Å². The van der Waals surface area contributed by atoms with Gasteiger partial charge in [-0.05, 0) is 42.8 Å². The minimum absolute atomic E-state index is 0.0204. The van der Waals surface area contributed by atoms with E-state index < -0.39 is 36.9 Å². The van der Waals surface area contributed by atoms with Gasteiger partial charge in [-0.3, -0.25) is 4.79 Å². The second-order valence-electron chi connectivity index (χ2n) is 8.58. The molecule has 0 aliphatic heterocycles. The summed E-state index contributed by atoms with van der Waals surface area (Å²) in [5, 5.41) is 7.03. The third-order valence-corrected chi connectivity index (χ3v) is 5.49. The smallest absolute Gasteiger partial charge is 0.356 e. The van der Waals surface area contributed by atoms with Gasteiger partial charge in [-0.2, -0.15) is 26.3 Å². The summed E-state index contributed by atoms with van der Waals surface area (Å²) in [7, 11) is 0. The summed E-state index contributed by atoms with van der Waals surface area (Å²) in [4.78, 5) is 23.9. The Labute approximate surface area is 218 Å². The Morgan fingerprint density at radius 3 is 2.24 bits per heavy atom. The number of Topliss-reactive ketones (excluding diaryl/α,β-unsaturated/α-hetero) is 1. The number of carbonyl (C=O) groups excluding carboxylic acids is 2. The summed E-state index contributed by atoms with van der Waals surface area (Å²) >= 11 is 6.14.